The Morgan fingerprint density at radius 3 is 2.12 bits per heavy atom. The highest BCUT2D eigenvalue weighted by Gasteiger charge is 2.09. The van der Waals surface area contributed by atoms with Crippen LogP contribution in [0.25, 0.3) is 0 Å². The summed E-state index contributed by atoms with van der Waals surface area (Å²) in [5.74, 6) is 0. The largest absolute Gasteiger partial charge is 0.264 e. The minimum atomic E-state index is 0.701. The fourth-order valence-corrected chi connectivity index (χ4v) is 1.49. The summed E-state index contributed by atoms with van der Waals surface area (Å²) in [5.41, 5.74) is 0. The molecule has 0 unspecified atom stereocenters. The lowest BCUT2D eigenvalue weighted by atomic mass is 9.96. The maximum Gasteiger partial charge on any atom is 0.0169 e. The van der Waals surface area contributed by atoms with Crippen LogP contribution in [0.15, 0.2) is 0 Å². The van der Waals surface area contributed by atoms with Crippen molar-refractivity contribution >= 4 is 12.8 Å². The van der Waals surface area contributed by atoms with Crippen LogP contribution in [-0.4, -0.2) is 6.04 Å². The van der Waals surface area contributed by atoms with Gasteiger partial charge >= 0.3 is 0 Å². The van der Waals surface area contributed by atoms with Crippen LogP contribution in [0.3, 0.4) is 0 Å². The zero-order chi connectivity index (χ0) is 5.82. The molecule has 0 spiro atoms. The Morgan fingerprint density at radius 2 is 1.75 bits per heavy atom. The standard InChI is InChI=1S/C6H13NS/c8-7-6-4-2-1-3-5-6/h6-8H,1-5H2. The molecule has 1 fully saturated rings. The van der Waals surface area contributed by atoms with E-state index in [2.05, 4.69) is 17.5 Å². The topological polar surface area (TPSA) is 12.0 Å². The average molecular weight is 131 g/mol. The van der Waals surface area contributed by atoms with Crippen LogP contribution in [-0.2, 0) is 0 Å². The third kappa shape index (κ3) is 1.67. The van der Waals surface area contributed by atoms with Crippen molar-refractivity contribution < 1.29 is 0 Å². The molecule has 1 aliphatic rings. The van der Waals surface area contributed by atoms with Gasteiger partial charge in [-0.3, -0.25) is 4.72 Å². The highest BCUT2D eigenvalue weighted by Crippen LogP contribution is 2.17. The zero-order valence-corrected chi connectivity index (χ0v) is 5.95. The maximum atomic E-state index is 4.01. The fraction of sp³-hybridized carbons (Fsp3) is 1.00. The first-order valence-electron chi connectivity index (χ1n) is 3.33. The minimum Gasteiger partial charge on any atom is -0.264 e. The Balaban J connectivity index is 2.13. The fourth-order valence-electron chi connectivity index (χ4n) is 1.23. The van der Waals surface area contributed by atoms with Crippen molar-refractivity contribution in [1.82, 2.24) is 4.72 Å². The Hall–Kier alpha value is 0.310. The second kappa shape index (κ2) is 3.36. The van der Waals surface area contributed by atoms with E-state index in [9.17, 15) is 0 Å². The van der Waals surface area contributed by atoms with E-state index >= 15 is 0 Å². The first kappa shape index (κ1) is 6.43. The van der Waals surface area contributed by atoms with Crippen LogP contribution in [0.1, 0.15) is 32.1 Å². The Labute approximate surface area is 56.4 Å². The van der Waals surface area contributed by atoms with Gasteiger partial charge in [-0.1, -0.05) is 32.1 Å². The van der Waals surface area contributed by atoms with Gasteiger partial charge in [-0.05, 0) is 12.8 Å². The van der Waals surface area contributed by atoms with Crippen LogP contribution < -0.4 is 4.72 Å². The Kier molecular flexibility index (Phi) is 2.70. The molecular formula is C6H13NS. The molecule has 0 amide bonds. The molecule has 48 valence electrons. The SMILES string of the molecule is SNC1CCCCC1. The van der Waals surface area contributed by atoms with Crippen molar-refractivity contribution in [3.63, 3.8) is 0 Å². The molecule has 0 saturated heterocycles. The van der Waals surface area contributed by atoms with E-state index in [0.29, 0.717) is 6.04 Å². The van der Waals surface area contributed by atoms with Crippen LogP contribution in [0, 0.1) is 0 Å². The summed E-state index contributed by atoms with van der Waals surface area (Å²) in [6, 6.07) is 0.701. The number of thiol groups is 1. The molecule has 0 aromatic heterocycles. The molecule has 0 aliphatic heterocycles. The third-order valence-electron chi connectivity index (χ3n) is 1.79. The van der Waals surface area contributed by atoms with Crippen molar-refractivity contribution in [1.29, 1.82) is 0 Å². The van der Waals surface area contributed by atoms with Gasteiger partial charge in [0.15, 0.2) is 0 Å². The summed E-state index contributed by atoms with van der Waals surface area (Å²) in [5, 5.41) is 0. The second-order valence-electron chi connectivity index (χ2n) is 2.46. The van der Waals surface area contributed by atoms with E-state index in [1.807, 2.05) is 0 Å². The Bertz CT molecular complexity index is 59.5. The van der Waals surface area contributed by atoms with E-state index in [1.54, 1.807) is 0 Å². The van der Waals surface area contributed by atoms with Crippen LogP contribution >= 0.6 is 12.8 Å². The van der Waals surface area contributed by atoms with Crippen molar-refractivity contribution in [2.75, 3.05) is 0 Å². The first-order chi connectivity index (χ1) is 3.93. The number of hydrogen-bond donors (Lipinski definition) is 2. The predicted molar refractivity (Wildman–Crippen MR) is 39.0 cm³/mol. The molecule has 1 N–H and O–H groups in total. The highest BCUT2D eigenvalue weighted by molar-refractivity contribution is 7.78. The van der Waals surface area contributed by atoms with Crippen LogP contribution in [0.5, 0.6) is 0 Å². The summed E-state index contributed by atoms with van der Waals surface area (Å²) in [6.07, 6.45) is 6.84. The average Bonchev–Trinajstić information content (AvgIpc) is 1.90. The minimum absolute atomic E-state index is 0.701. The zero-order valence-electron chi connectivity index (χ0n) is 5.06. The van der Waals surface area contributed by atoms with E-state index in [1.165, 1.54) is 32.1 Å². The second-order valence-corrected chi connectivity index (χ2v) is 2.72. The molecule has 0 aromatic carbocycles. The van der Waals surface area contributed by atoms with Gasteiger partial charge in [0.25, 0.3) is 0 Å². The van der Waals surface area contributed by atoms with Crippen molar-refractivity contribution in [2.45, 2.75) is 38.1 Å². The molecule has 8 heavy (non-hydrogen) atoms. The molecule has 0 atom stereocenters. The molecule has 2 heteroatoms. The number of rotatable bonds is 1. The van der Waals surface area contributed by atoms with E-state index in [-0.39, 0.29) is 0 Å². The molecule has 0 aromatic rings. The van der Waals surface area contributed by atoms with Crippen LogP contribution in [0.4, 0.5) is 0 Å². The van der Waals surface area contributed by atoms with Gasteiger partial charge in [0.2, 0.25) is 0 Å². The molecule has 0 heterocycles. The predicted octanol–water partition coefficient (Wildman–Crippen LogP) is 1.75. The summed E-state index contributed by atoms with van der Waals surface area (Å²) in [4.78, 5) is 0. The molecule has 1 nitrogen and oxygen atoms in total. The molecule has 1 rings (SSSR count). The summed E-state index contributed by atoms with van der Waals surface area (Å²) >= 11 is 4.01. The maximum absolute atomic E-state index is 4.01. The lowest BCUT2D eigenvalue weighted by molar-refractivity contribution is 0.424. The van der Waals surface area contributed by atoms with E-state index in [4.69, 9.17) is 0 Å². The molecular weight excluding hydrogens is 118 g/mol. The normalized spacial score (nSPS) is 23.6. The van der Waals surface area contributed by atoms with Gasteiger partial charge in [0.1, 0.15) is 0 Å². The van der Waals surface area contributed by atoms with Crippen molar-refractivity contribution in [3.05, 3.63) is 0 Å². The van der Waals surface area contributed by atoms with E-state index in [0.717, 1.165) is 0 Å². The van der Waals surface area contributed by atoms with Crippen molar-refractivity contribution in [3.8, 4) is 0 Å². The first-order valence-corrected chi connectivity index (χ1v) is 3.78. The van der Waals surface area contributed by atoms with Gasteiger partial charge in [0.05, 0.1) is 0 Å². The monoisotopic (exact) mass is 131 g/mol. The molecule has 0 bridgehead atoms. The summed E-state index contributed by atoms with van der Waals surface area (Å²) < 4.78 is 3.00. The number of nitrogens with one attached hydrogen (secondary N) is 1. The lowest BCUT2D eigenvalue weighted by Gasteiger charge is -2.19. The Morgan fingerprint density at radius 1 is 1.12 bits per heavy atom. The number of hydrogen-bond acceptors (Lipinski definition) is 2. The van der Waals surface area contributed by atoms with Gasteiger partial charge in [-0.2, -0.15) is 0 Å². The highest BCUT2D eigenvalue weighted by atomic mass is 32.1. The van der Waals surface area contributed by atoms with Crippen molar-refractivity contribution in [2.24, 2.45) is 0 Å². The smallest absolute Gasteiger partial charge is 0.0169 e. The quantitative estimate of drug-likeness (QED) is 0.517. The summed E-state index contributed by atoms with van der Waals surface area (Å²) in [6.45, 7) is 0. The van der Waals surface area contributed by atoms with Gasteiger partial charge in [-0.15, -0.1) is 0 Å². The third-order valence-corrected chi connectivity index (χ3v) is 2.15. The van der Waals surface area contributed by atoms with Gasteiger partial charge in [-0.25, -0.2) is 0 Å². The van der Waals surface area contributed by atoms with Gasteiger partial charge in [0, 0.05) is 6.04 Å². The molecule has 1 saturated carbocycles. The van der Waals surface area contributed by atoms with E-state index < -0.39 is 0 Å². The molecule has 1 aliphatic carbocycles. The summed E-state index contributed by atoms with van der Waals surface area (Å²) in [7, 11) is 0. The molecule has 0 radical (unpaired) electrons. The lowest BCUT2D eigenvalue weighted by Crippen LogP contribution is -2.23. The van der Waals surface area contributed by atoms with Crippen LogP contribution in [0.2, 0.25) is 0 Å². The van der Waals surface area contributed by atoms with Gasteiger partial charge < -0.3 is 0 Å².